The third-order valence-electron chi connectivity index (χ3n) is 4.65. The molecule has 0 atom stereocenters. The normalized spacial score (nSPS) is 19.8. The second-order valence-electron chi connectivity index (χ2n) is 6.69. The zero-order chi connectivity index (χ0) is 20.1. The van der Waals surface area contributed by atoms with Crippen LogP contribution >= 0.6 is 0 Å². The SMILES string of the molecule is COc1cncc(OC2CCC(NS(=O)(=O)c3ccc(C(C)=O)cc3)CC2)n1. The van der Waals surface area contributed by atoms with Gasteiger partial charge in [0, 0.05) is 11.6 Å². The van der Waals surface area contributed by atoms with Gasteiger partial charge in [0.1, 0.15) is 6.10 Å². The van der Waals surface area contributed by atoms with Crippen molar-refractivity contribution in [3.05, 3.63) is 42.2 Å². The Kier molecular flexibility index (Phi) is 6.25. The van der Waals surface area contributed by atoms with Gasteiger partial charge in [0.25, 0.3) is 0 Å². The number of benzene rings is 1. The van der Waals surface area contributed by atoms with E-state index in [1.807, 2.05) is 0 Å². The van der Waals surface area contributed by atoms with Crippen molar-refractivity contribution in [2.24, 2.45) is 0 Å². The van der Waals surface area contributed by atoms with E-state index >= 15 is 0 Å². The summed E-state index contributed by atoms with van der Waals surface area (Å²) >= 11 is 0. The molecule has 3 rings (SSSR count). The predicted molar refractivity (Wildman–Crippen MR) is 102 cm³/mol. The number of carbonyl (C=O) groups excluding carboxylic acids is 1. The number of hydrogen-bond donors (Lipinski definition) is 1. The summed E-state index contributed by atoms with van der Waals surface area (Å²) < 4.78 is 38.7. The van der Waals surface area contributed by atoms with E-state index in [0.29, 0.717) is 43.0 Å². The van der Waals surface area contributed by atoms with Gasteiger partial charge in [-0.3, -0.25) is 9.78 Å². The van der Waals surface area contributed by atoms with E-state index in [1.165, 1.54) is 50.7 Å². The fourth-order valence-electron chi connectivity index (χ4n) is 3.11. The molecule has 0 bridgehead atoms. The lowest BCUT2D eigenvalue weighted by atomic mass is 9.94. The minimum atomic E-state index is -3.63. The summed E-state index contributed by atoms with van der Waals surface area (Å²) in [6.45, 7) is 1.44. The second kappa shape index (κ2) is 8.66. The van der Waals surface area contributed by atoms with Crippen LogP contribution in [0.4, 0.5) is 0 Å². The molecule has 9 heteroatoms. The van der Waals surface area contributed by atoms with Crippen LogP contribution < -0.4 is 14.2 Å². The molecule has 2 aromatic rings. The number of Topliss-reactive ketones (excluding diaryl/α,β-unsaturated/α-hetero) is 1. The van der Waals surface area contributed by atoms with E-state index in [0.717, 1.165) is 0 Å². The van der Waals surface area contributed by atoms with Crippen LogP contribution in [0.15, 0.2) is 41.6 Å². The van der Waals surface area contributed by atoms with Crippen LogP contribution in [0.5, 0.6) is 11.8 Å². The fraction of sp³-hybridized carbons (Fsp3) is 0.421. The Balaban J connectivity index is 1.55. The molecule has 1 aliphatic rings. The lowest BCUT2D eigenvalue weighted by Crippen LogP contribution is -2.39. The van der Waals surface area contributed by atoms with Crippen molar-refractivity contribution in [2.45, 2.75) is 49.6 Å². The number of methoxy groups -OCH3 is 1. The van der Waals surface area contributed by atoms with Crippen LogP contribution in [0.1, 0.15) is 43.0 Å². The summed E-state index contributed by atoms with van der Waals surface area (Å²) in [6, 6.07) is 5.80. The van der Waals surface area contributed by atoms with Crippen molar-refractivity contribution in [2.75, 3.05) is 7.11 Å². The molecular weight excluding hydrogens is 382 g/mol. The molecule has 1 N–H and O–H groups in total. The monoisotopic (exact) mass is 405 g/mol. The van der Waals surface area contributed by atoms with Gasteiger partial charge in [-0.15, -0.1) is 0 Å². The summed E-state index contributed by atoms with van der Waals surface area (Å²) in [5.74, 6) is 0.680. The number of nitrogens with one attached hydrogen (secondary N) is 1. The van der Waals surface area contributed by atoms with Gasteiger partial charge in [-0.1, -0.05) is 12.1 Å². The fourth-order valence-corrected chi connectivity index (χ4v) is 4.42. The Bertz CT molecular complexity index is 923. The average molecular weight is 405 g/mol. The molecule has 1 fully saturated rings. The summed E-state index contributed by atoms with van der Waals surface area (Å²) in [5.41, 5.74) is 0.484. The maximum absolute atomic E-state index is 12.6. The van der Waals surface area contributed by atoms with Crippen molar-refractivity contribution >= 4 is 15.8 Å². The number of carbonyl (C=O) groups is 1. The molecule has 1 heterocycles. The summed E-state index contributed by atoms with van der Waals surface area (Å²) in [5, 5.41) is 0. The molecule has 0 saturated heterocycles. The highest BCUT2D eigenvalue weighted by Gasteiger charge is 2.27. The molecule has 28 heavy (non-hydrogen) atoms. The molecule has 150 valence electrons. The van der Waals surface area contributed by atoms with E-state index in [-0.39, 0.29) is 22.8 Å². The van der Waals surface area contributed by atoms with Gasteiger partial charge in [0.15, 0.2) is 5.78 Å². The van der Waals surface area contributed by atoms with Crippen molar-refractivity contribution in [3.8, 4) is 11.8 Å². The first-order chi connectivity index (χ1) is 13.4. The maximum atomic E-state index is 12.6. The molecule has 0 amide bonds. The van der Waals surface area contributed by atoms with Crippen molar-refractivity contribution in [1.29, 1.82) is 0 Å². The Morgan fingerprint density at radius 2 is 1.71 bits per heavy atom. The molecular formula is C19H23N3O5S. The summed E-state index contributed by atoms with van der Waals surface area (Å²) in [6.07, 6.45) is 5.71. The minimum absolute atomic E-state index is 0.0444. The zero-order valence-electron chi connectivity index (χ0n) is 15.8. The second-order valence-corrected chi connectivity index (χ2v) is 8.41. The van der Waals surface area contributed by atoms with Gasteiger partial charge < -0.3 is 9.47 Å². The van der Waals surface area contributed by atoms with Crippen molar-refractivity contribution in [1.82, 2.24) is 14.7 Å². The van der Waals surface area contributed by atoms with Gasteiger partial charge >= 0.3 is 0 Å². The standard InChI is InChI=1S/C19H23N3O5S/c1-13(23)14-3-9-17(10-4-14)28(24,25)22-15-5-7-16(8-6-15)27-19-12-20-11-18(21-19)26-2/h3-4,9-12,15-16,22H,5-8H2,1-2H3. The van der Waals surface area contributed by atoms with Crippen molar-refractivity contribution in [3.63, 3.8) is 0 Å². The number of ketones is 1. The van der Waals surface area contributed by atoms with Crippen molar-refractivity contribution < 1.29 is 22.7 Å². The maximum Gasteiger partial charge on any atom is 0.240 e. The molecule has 1 saturated carbocycles. The van der Waals surface area contributed by atoms with E-state index < -0.39 is 10.0 Å². The lowest BCUT2D eigenvalue weighted by Gasteiger charge is -2.29. The molecule has 1 aromatic heterocycles. The molecule has 1 aromatic carbocycles. The topological polar surface area (TPSA) is 107 Å². The van der Waals surface area contributed by atoms with Gasteiger partial charge in [0.2, 0.25) is 21.8 Å². The molecule has 0 aliphatic heterocycles. The smallest absolute Gasteiger partial charge is 0.240 e. The quantitative estimate of drug-likeness (QED) is 0.705. The molecule has 0 radical (unpaired) electrons. The first-order valence-electron chi connectivity index (χ1n) is 9.03. The van der Waals surface area contributed by atoms with Gasteiger partial charge in [-0.05, 0) is 44.7 Å². The van der Waals surface area contributed by atoms with Crippen LogP contribution in [0.3, 0.4) is 0 Å². The first-order valence-corrected chi connectivity index (χ1v) is 10.5. The van der Waals surface area contributed by atoms with Gasteiger partial charge in [-0.25, -0.2) is 13.1 Å². The number of ether oxygens (including phenoxy) is 2. The Morgan fingerprint density at radius 1 is 1.07 bits per heavy atom. The highest BCUT2D eigenvalue weighted by molar-refractivity contribution is 7.89. The highest BCUT2D eigenvalue weighted by atomic mass is 32.2. The van der Waals surface area contributed by atoms with Crippen LogP contribution in [0, 0.1) is 0 Å². The third kappa shape index (κ3) is 5.05. The summed E-state index contributed by atoms with van der Waals surface area (Å²) in [7, 11) is -2.12. The van der Waals surface area contributed by atoms with E-state index in [2.05, 4.69) is 14.7 Å². The number of hydrogen-bond acceptors (Lipinski definition) is 7. The van der Waals surface area contributed by atoms with E-state index in [4.69, 9.17) is 9.47 Å². The highest BCUT2D eigenvalue weighted by Crippen LogP contribution is 2.24. The molecule has 8 nitrogen and oxygen atoms in total. The number of sulfonamides is 1. The van der Waals surface area contributed by atoms with Gasteiger partial charge in [-0.2, -0.15) is 4.98 Å². The average Bonchev–Trinajstić information content (AvgIpc) is 2.69. The minimum Gasteiger partial charge on any atom is -0.480 e. The molecule has 0 unspecified atom stereocenters. The Morgan fingerprint density at radius 3 is 2.32 bits per heavy atom. The third-order valence-corrected chi connectivity index (χ3v) is 6.19. The predicted octanol–water partition coefficient (Wildman–Crippen LogP) is 2.36. The van der Waals surface area contributed by atoms with Gasteiger partial charge in [0.05, 0.1) is 24.4 Å². The Hall–Kier alpha value is -2.52. The Labute approximate surface area is 164 Å². The van der Waals surface area contributed by atoms with Crippen LogP contribution in [-0.2, 0) is 10.0 Å². The van der Waals surface area contributed by atoms with Crippen LogP contribution in [0.25, 0.3) is 0 Å². The first kappa shape index (κ1) is 20.2. The number of nitrogens with zero attached hydrogens (tertiary/aromatic N) is 2. The molecule has 1 aliphatic carbocycles. The molecule has 0 spiro atoms. The number of rotatable bonds is 7. The van der Waals surface area contributed by atoms with E-state index in [1.54, 1.807) is 0 Å². The zero-order valence-corrected chi connectivity index (χ0v) is 16.6. The van der Waals surface area contributed by atoms with Crippen LogP contribution in [0.2, 0.25) is 0 Å². The van der Waals surface area contributed by atoms with Crippen LogP contribution in [-0.4, -0.2) is 43.4 Å². The number of aromatic nitrogens is 2. The van der Waals surface area contributed by atoms with E-state index in [9.17, 15) is 13.2 Å². The summed E-state index contributed by atoms with van der Waals surface area (Å²) in [4.78, 5) is 19.7. The largest absolute Gasteiger partial charge is 0.480 e. The lowest BCUT2D eigenvalue weighted by molar-refractivity contribution is 0.101.